The van der Waals surface area contributed by atoms with Gasteiger partial charge in [0.25, 0.3) is 0 Å². The lowest BCUT2D eigenvalue weighted by atomic mass is 10.0. The van der Waals surface area contributed by atoms with E-state index in [0.717, 1.165) is 13.0 Å². The second-order valence-electron chi connectivity index (χ2n) is 3.30. The molecule has 0 fully saturated rings. The molecule has 3 heteroatoms. The Morgan fingerprint density at radius 1 is 1.45 bits per heavy atom. The highest BCUT2D eigenvalue weighted by atomic mass is 16.1. The van der Waals surface area contributed by atoms with Gasteiger partial charge < -0.3 is 10.2 Å². The summed E-state index contributed by atoms with van der Waals surface area (Å²) in [5.41, 5.74) is 0. The number of carbonyl (C=O) groups is 1. The summed E-state index contributed by atoms with van der Waals surface area (Å²) in [6.45, 7) is 5.03. The Morgan fingerprint density at radius 3 is 2.27 bits per heavy atom. The largest absolute Gasteiger partial charge is 0.357 e. The summed E-state index contributed by atoms with van der Waals surface area (Å²) in [4.78, 5) is 12.2. The lowest BCUT2D eigenvalue weighted by Crippen LogP contribution is -2.41. The Balaban J connectivity index is 3.79. The highest BCUT2D eigenvalue weighted by Crippen LogP contribution is 2.05. The second kappa shape index (κ2) is 5.13. The van der Waals surface area contributed by atoms with Gasteiger partial charge in [0.1, 0.15) is 0 Å². The molecule has 11 heavy (non-hydrogen) atoms. The van der Waals surface area contributed by atoms with Gasteiger partial charge in [-0.2, -0.15) is 0 Å². The van der Waals surface area contributed by atoms with E-state index < -0.39 is 0 Å². The number of nitrogens with zero attached hydrogens (tertiary/aromatic N) is 1. The van der Waals surface area contributed by atoms with E-state index in [4.69, 9.17) is 0 Å². The summed E-state index contributed by atoms with van der Waals surface area (Å²) < 4.78 is 0. The molecule has 0 aliphatic carbocycles. The topological polar surface area (TPSA) is 32.3 Å². The Bertz CT molecular complexity index is 105. The van der Waals surface area contributed by atoms with Crippen molar-refractivity contribution in [1.29, 1.82) is 0 Å². The van der Waals surface area contributed by atoms with Gasteiger partial charge in [-0.25, -0.2) is 0 Å². The fourth-order valence-corrected chi connectivity index (χ4v) is 1.18. The second-order valence-corrected chi connectivity index (χ2v) is 3.30. The van der Waals surface area contributed by atoms with Crippen molar-refractivity contribution in [2.24, 2.45) is 5.92 Å². The first kappa shape index (κ1) is 10.4. The van der Waals surface area contributed by atoms with E-state index >= 15 is 0 Å². The predicted molar refractivity (Wildman–Crippen MR) is 46.4 cm³/mol. The van der Waals surface area contributed by atoms with Crippen molar-refractivity contribution < 1.29 is 4.79 Å². The Labute approximate surface area is 68.8 Å². The van der Waals surface area contributed by atoms with Gasteiger partial charge >= 0.3 is 0 Å². The molecule has 3 nitrogen and oxygen atoms in total. The van der Waals surface area contributed by atoms with Gasteiger partial charge in [-0.05, 0) is 20.0 Å². The van der Waals surface area contributed by atoms with Crippen molar-refractivity contribution in [2.75, 3.05) is 20.6 Å². The summed E-state index contributed by atoms with van der Waals surface area (Å²) in [6, 6.07) is 0.431. The average Bonchev–Trinajstić information content (AvgIpc) is 1.87. The zero-order chi connectivity index (χ0) is 8.85. The summed E-state index contributed by atoms with van der Waals surface area (Å²) in [6.07, 6.45) is 0.749. The monoisotopic (exact) mass is 158 g/mol. The van der Waals surface area contributed by atoms with Crippen LogP contribution in [0.5, 0.6) is 0 Å². The number of rotatable bonds is 5. The van der Waals surface area contributed by atoms with Gasteiger partial charge in [0.05, 0.1) is 0 Å². The van der Waals surface area contributed by atoms with Gasteiger partial charge in [0.15, 0.2) is 0 Å². The van der Waals surface area contributed by atoms with Crippen LogP contribution in [0.25, 0.3) is 0 Å². The minimum atomic E-state index is 0.431. The summed E-state index contributed by atoms with van der Waals surface area (Å²) in [5.74, 6) is 0.567. The van der Waals surface area contributed by atoms with Crippen LogP contribution in [0, 0.1) is 5.92 Å². The molecule has 0 aliphatic rings. The van der Waals surface area contributed by atoms with Crippen molar-refractivity contribution in [3.8, 4) is 0 Å². The number of hydrogen-bond acceptors (Lipinski definition) is 2. The zero-order valence-electron chi connectivity index (χ0n) is 7.79. The first-order valence-corrected chi connectivity index (χ1v) is 3.93. The number of likely N-dealkylation sites (N-methyl/N-ethyl adjacent to an activating group) is 1. The SMILES string of the molecule is CC(C)C(CNC=O)N(C)C. The zero-order valence-corrected chi connectivity index (χ0v) is 7.79. The van der Waals surface area contributed by atoms with Crippen molar-refractivity contribution in [2.45, 2.75) is 19.9 Å². The van der Waals surface area contributed by atoms with E-state index in [1.807, 2.05) is 14.1 Å². The van der Waals surface area contributed by atoms with E-state index in [1.165, 1.54) is 0 Å². The van der Waals surface area contributed by atoms with E-state index in [2.05, 4.69) is 24.1 Å². The molecule has 0 aromatic rings. The van der Waals surface area contributed by atoms with Gasteiger partial charge in [0.2, 0.25) is 6.41 Å². The van der Waals surface area contributed by atoms with E-state index in [0.29, 0.717) is 12.0 Å². The van der Waals surface area contributed by atoms with Crippen LogP contribution in [0.1, 0.15) is 13.8 Å². The summed E-state index contributed by atoms with van der Waals surface area (Å²) in [5, 5.41) is 2.69. The lowest BCUT2D eigenvalue weighted by Gasteiger charge is -2.27. The smallest absolute Gasteiger partial charge is 0.207 e. The molecule has 0 aromatic carbocycles. The molecule has 1 amide bonds. The van der Waals surface area contributed by atoms with Crippen molar-refractivity contribution in [3.05, 3.63) is 0 Å². The molecule has 0 bridgehead atoms. The molecular formula is C8H18N2O. The molecule has 1 atom stereocenters. The maximum Gasteiger partial charge on any atom is 0.207 e. The summed E-state index contributed by atoms with van der Waals surface area (Å²) in [7, 11) is 4.05. The quantitative estimate of drug-likeness (QED) is 0.584. The van der Waals surface area contributed by atoms with Crippen LogP contribution in [-0.4, -0.2) is 38.0 Å². The molecule has 1 unspecified atom stereocenters. The van der Waals surface area contributed by atoms with Crippen LogP contribution in [-0.2, 0) is 4.79 Å². The Morgan fingerprint density at radius 2 is 2.00 bits per heavy atom. The van der Waals surface area contributed by atoms with E-state index in [-0.39, 0.29) is 0 Å². The van der Waals surface area contributed by atoms with Gasteiger partial charge in [0, 0.05) is 12.6 Å². The molecule has 0 spiro atoms. The molecule has 0 saturated carbocycles. The predicted octanol–water partition coefficient (Wildman–Crippen LogP) is 0.319. The molecule has 1 N–H and O–H groups in total. The maximum atomic E-state index is 10.0. The first-order valence-electron chi connectivity index (χ1n) is 3.93. The average molecular weight is 158 g/mol. The standard InChI is InChI=1S/C8H18N2O/c1-7(2)8(10(3)4)5-9-6-11/h6-8H,5H2,1-4H3,(H,9,11). The highest BCUT2D eigenvalue weighted by molar-refractivity contribution is 5.45. The van der Waals surface area contributed by atoms with Crippen molar-refractivity contribution >= 4 is 6.41 Å². The molecular weight excluding hydrogens is 140 g/mol. The third-order valence-electron chi connectivity index (χ3n) is 1.84. The normalized spacial score (nSPS) is 13.6. The molecule has 0 rings (SSSR count). The highest BCUT2D eigenvalue weighted by Gasteiger charge is 2.14. The van der Waals surface area contributed by atoms with Gasteiger partial charge in [-0.3, -0.25) is 4.79 Å². The van der Waals surface area contributed by atoms with Crippen LogP contribution < -0.4 is 5.32 Å². The van der Waals surface area contributed by atoms with Crippen LogP contribution in [0.15, 0.2) is 0 Å². The van der Waals surface area contributed by atoms with Crippen LogP contribution >= 0.6 is 0 Å². The number of hydrogen-bond donors (Lipinski definition) is 1. The van der Waals surface area contributed by atoms with Gasteiger partial charge in [-0.1, -0.05) is 13.8 Å². The number of amides is 1. The minimum absolute atomic E-state index is 0.431. The number of nitrogens with one attached hydrogen (secondary N) is 1. The molecule has 0 saturated heterocycles. The molecule has 0 heterocycles. The molecule has 0 radical (unpaired) electrons. The van der Waals surface area contributed by atoms with E-state index in [1.54, 1.807) is 0 Å². The fourth-order valence-electron chi connectivity index (χ4n) is 1.18. The molecule has 66 valence electrons. The fraction of sp³-hybridized carbons (Fsp3) is 0.875. The lowest BCUT2D eigenvalue weighted by molar-refractivity contribution is -0.109. The number of carbonyl (C=O) groups excluding carboxylic acids is 1. The van der Waals surface area contributed by atoms with Crippen LogP contribution in [0.4, 0.5) is 0 Å². The van der Waals surface area contributed by atoms with Gasteiger partial charge in [-0.15, -0.1) is 0 Å². The van der Waals surface area contributed by atoms with Crippen LogP contribution in [0.2, 0.25) is 0 Å². The Hall–Kier alpha value is -0.570. The Kier molecular flexibility index (Phi) is 4.86. The third-order valence-corrected chi connectivity index (χ3v) is 1.84. The van der Waals surface area contributed by atoms with Crippen LogP contribution in [0.3, 0.4) is 0 Å². The van der Waals surface area contributed by atoms with Crippen molar-refractivity contribution in [1.82, 2.24) is 10.2 Å². The first-order chi connectivity index (χ1) is 5.09. The third kappa shape index (κ3) is 3.98. The summed E-state index contributed by atoms with van der Waals surface area (Å²) >= 11 is 0. The molecule has 0 aliphatic heterocycles. The molecule has 0 aromatic heterocycles. The maximum absolute atomic E-state index is 10.0. The van der Waals surface area contributed by atoms with Crippen molar-refractivity contribution in [3.63, 3.8) is 0 Å². The van der Waals surface area contributed by atoms with E-state index in [9.17, 15) is 4.79 Å². The minimum Gasteiger partial charge on any atom is -0.357 e.